The van der Waals surface area contributed by atoms with E-state index in [2.05, 4.69) is 5.16 Å². The highest BCUT2D eigenvalue weighted by atomic mass is 16.6. The minimum Gasteiger partial charge on any atom is -0.481 e. The van der Waals surface area contributed by atoms with Crippen molar-refractivity contribution in [1.82, 2.24) is 0 Å². The Morgan fingerprint density at radius 3 is 2.76 bits per heavy atom. The Kier molecular flexibility index (Phi) is 2.35. The molecule has 1 N–H and O–H groups in total. The van der Waals surface area contributed by atoms with Crippen molar-refractivity contribution in [2.75, 3.05) is 0 Å². The van der Waals surface area contributed by atoms with Gasteiger partial charge in [0.25, 0.3) is 0 Å². The molecule has 1 aliphatic carbocycles. The van der Waals surface area contributed by atoms with Gasteiger partial charge in [-0.2, -0.15) is 0 Å². The van der Waals surface area contributed by atoms with Crippen molar-refractivity contribution in [2.24, 2.45) is 17.0 Å². The molecule has 1 aromatic carbocycles. The number of hydrogen-bond acceptors (Lipinski definition) is 3. The molecule has 4 heteroatoms. The highest BCUT2D eigenvalue weighted by Crippen LogP contribution is 2.39. The van der Waals surface area contributed by atoms with Crippen molar-refractivity contribution in [1.29, 1.82) is 0 Å². The molecule has 17 heavy (non-hydrogen) atoms. The molecule has 0 aromatic heterocycles. The number of nitrogens with zero attached hydrogens (tertiary/aromatic N) is 1. The van der Waals surface area contributed by atoms with Gasteiger partial charge in [-0.05, 0) is 12.0 Å². The first-order chi connectivity index (χ1) is 8.25. The van der Waals surface area contributed by atoms with Crippen LogP contribution in [-0.4, -0.2) is 22.9 Å². The molecule has 1 saturated carbocycles. The van der Waals surface area contributed by atoms with Crippen LogP contribution in [0, 0.1) is 11.8 Å². The Morgan fingerprint density at radius 2 is 2.06 bits per heavy atom. The first-order valence-electron chi connectivity index (χ1n) is 5.77. The second-order valence-corrected chi connectivity index (χ2v) is 4.60. The Labute approximate surface area is 98.9 Å². The Balaban J connectivity index is 1.84. The van der Waals surface area contributed by atoms with Crippen LogP contribution in [0.2, 0.25) is 0 Å². The normalized spacial score (nSPS) is 30.6. The average molecular weight is 231 g/mol. The lowest BCUT2D eigenvalue weighted by Gasteiger charge is -2.08. The molecule has 3 atom stereocenters. The quantitative estimate of drug-likeness (QED) is 0.845. The van der Waals surface area contributed by atoms with E-state index in [-0.39, 0.29) is 17.9 Å². The zero-order chi connectivity index (χ0) is 11.8. The first kappa shape index (κ1) is 10.3. The average Bonchev–Trinajstić information content (AvgIpc) is 2.89. The molecule has 1 aromatic rings. The molecule has 3 rings (SSSR count). The van der Waals surface area contributed by atoms with Crippen molar-refractivity contribution >= 4 is 11.7 Å². The van der Waals surface area contributed by atoms with Crippen molar-refractivity contribution in [2.45, 2.75) is 18.9 Å². The van der Waals surface area contributed by atoms with Crippen LogP contribution in [0.4, 0.5) is 0 Å². The SMILES string of the molecule is O=C(O)C1CC2ON=C(c3ccccc3)C2C1. The molecule has 4 nitrogen and oxygen atoms in total. The molecule has 2 aliphatic rings. The van der Waals surface area contributed by atoms with Crippen molar-refractivity contribution in [3.05, 3.63) is 35.9 Å². The predicted octanol–water partition coefficient (Wildman–Crippen LogP) is 1.90. The number of oxime groups is 1. The number of fused-ring (bicyclic) bond motifs is 1. The lowest BCUT2D eigenvalue weighted by Crippen LogP contribution is -2.17. The molecule has 0 amide bonds. The maximum absolute atomic E-state index is 11.0. The Bertz CT molecular complexity index is 469. The summed E-state index contributed by atoms with van der Waals surface area (Å²) in [6, 6.07) is 9.83. The number of carboxylic acid groups (broad SMARTS) is 1. The van der Waals surface area contributed by atoms with Gasteiger partial charge in [-0.15, -0.1) is 0 Å². The highest BCUT2D eigenvalue weighted by Gasteiger charge is 2.45. The number of carboxylic acids is 1. The topological polar surface area (TPSA) is 58.9 Å². The van der Waals surface area contributed by atoms with Crippen molar-refractivity contribution in [3.63, 3.8) is 0 Å². The third kappa shape index (κ3) is 1.69. The number of hydrogen-bond donors (Lipinski definition) is 1. The van der Waals surface area contributed by atoms with Gasteiger partial charge in [0, 0.05) is 12.3 Å². The van der Waals surface area contributed by atoms with Gasteiger partial charge in [0.2, 0.25) is 0 Å². The van der Waals surface area contributed by atoms with Crippen LogP contribution in [-0.2, 0) is 9.63 Å². The van der Waals surface area contributed by atoms with Gasteiger partial charge in [0.05, 0.1) is 11.6 Å². The molecule has 3 unspecified atom stereocenters. The van der Waals surface area contributed by atoms with Crippen LogP contribution in [0.1, 0.15) is 18.4 Å². The lowest BCUT2D eigenvalue weighted by atomic mass is 9.94. The van der Waals surface area contributed by atoms with E-state index in [1.54, 1.807) is 0 Å². The maximum Gasteiger partial charge on any atom is 0.306 e. The van der Waals surface area contributed by atoms with Gasteiger partial charge in [0.1, 0.15) is 6.10 Å². The van der Waals surface area contributed by atoms with E-state index in [9.17, 15) is 4.79 Å². The molecule has 0 radical (unpaired) electrons. The number of benzene rings is 1. The van der Waals surface area contributed by atoms with Crippen LogP contribution in [0.25, 0.3) is 0 Å². The smallest absolute Gasteiger partial charge is 0.306 e. The summed E-state index contributed by atoms with van der Waals surface area (Å²) in [4.78, 5) is 16.3. The van der Waals surface area contributed by atoms with E-state index in [1.165, 1.54) is 0 Å². The molecule has 1 fully saturated rings. The standard InChI is InChI=1S/C13H13NO3/c15-13(16)9-6-10-11(7-9)17-14-12(10)8-4-2-1-3-5-8/h1-5,9-11H,6-7H2,(H,15,16). The molecule has 88 valence electrons. The summed E-state index contributed by atoms with van der Waals surface area (Å²) >= 11 is 0. The Hall–Kier alpha value is -1.84. The summed E-state index contributed by atoms with van der Waals surface area (Å²) < 4.78 is 0. The fourth-order valence-electron chi connectivity index (χ4n) is 2.67. The summed E-state index contributed by atoms with van der Waals surface area (Å²) in [5.74, 6) is -0.881. The number of aliphatic carboxylic acids is 1. The minimum absolute atomic E-state index is 0.0497. The van der Waals surface area contributed by atoms with E-state index in [4.69, 9.17) is 9.94 Å². The Morgan fingerprint density at radius 1 is 1.29 bits per heavy atom. The van der Waals surface area contributed by atoms with E-state index in [0.717, 1.165) is 11.3 Å². The van der Waals surface area contributed by atoms with Gasteiger partial charge >= 0.3 is 5.97 Å². The highest BCUT2D eigenvalue weighted by molar-refractivity contribution is 6.03. The fraction of sp³-hybridized carbons (Fsp3) is 0.385. The number of carbonyl (C=O) groups is 1. The summed E-state index contributed by atoms with van der Waals surface area (Å²) in [7, 11) is 0. The summed E-state index contributed by atoms with van der Waals surface area (Å²) in [5, 5.41) is 13.1. The second-order valence-electron chi connectivity index (χ2n) is 4.60. The van der Waals surface area contributed by atoms with Crippen LogP contribution < -0.4 is 0 Å². The summed E-state index contributed by atoms with van der Waals surface area (Å²) in [6.45, 7) is 0. The molecule has 1 aliphatic heterocycles. The summed E-state index contributed by atoms with van der Waals surface area (Å²) in [5.41, 5.74) is 1.94. The summed E-state index contributed by atoms with van der Waals surface area (Å²) in [6.07, 6.45) is 1.15. The van der Waals surface area contributed by atoms with E-state index in [1.807, 2.05) is 30.3 Å². The second kappa shape index (κ2) is 3.87. The molecule has 0 saturated heterocycles. The predicted molar refractivity (Wildman–Crippen MR) is 61.7 cm³/mol. The monoisotopic (exact) mass is 231 g/mol. The van der Waals surface area contributed by atoms with Crippen LogP contribution in [0.3, 0.4) is 0 Å². The van der Waals surface area contributed by atoms with Crippen LogP contribution >= 0.6 is 0 Å². The van der Waals surface area contributed by atoms with E-state index in [0.29, 0.717) is 12.8 Å². The molecule has 0 bridgehead atoms. The van der Waals surface area contributed by atoms with Crippen molar-refractivity contribution in [3.8, 4) is 0 Å². The third-order valence-corrected chi connectivity index (χ3v) is 3.56. The minimum atomic E-state index is -0.726. The maximum atomic E-state index is 11.0. The lowest BCUT2D eigenvalue weighted by molar-refractivity contribution is -0.141. The van der Waals surface area contributed by atoms with Gasteiger partial charge in [-0.1, -0.05) is 35.5 Å². The molecule has 1 heterocycles. The van der Waals surface area contributed by atoms with Gasteiger partial charge in [-0.3, -0.25) is 4.79 Å². The van der Waals surface area contributed by atoms with Crippen molar-refractivity contribution < 1.29 is 14.7 Å². The first-order valence-corrected chi connectivity index (χ1v) is 5.77. The van der Waals surface area contributed by atoms with E-state index < -0.39 is 5.97 Å². The van der Waals surface area contributed by atoms with Gasteiger partial charge in [0.15, 0.2) is 0 Å². The zero-order valence-corrected chi connectivity index (χ0v) is 9.24. The zero-order valence-electron chi connectivity index (χ0n) is 9.24. The number of rotatable bonds is 2. The fourth-order valence-corrected chi connectivity index (χ4v) is 2.67. The molecular weight excluding hydrogens is 218 g/mol. The largest absolute Gasteiger partial charge is 0.481 e. The third-order valence-electron chi connectivity index (χ3n) is 3.56. The van der Waals surface area contributed by atoms with Crippen LogP contribution in [0.5, 0.6) is 0 Å². The van der Waals surface area contributed by atoms with Gasteiger partial charge in [-0.25, -0.2) is 0 Å². The van der Waals surface area contributed by atoms with Crippen LogP contribution in [0.15, 0.2) is 35.5 Å². The molecular formula is C13H13NO3. The molecule has 0 spiro atoms. The van der Waals surface area contributed by atoms with E-state index >= 15 is 0 Å². The van der Waals surface area contributed by atoms with Gasteiger partial charge < -0.3 is 9.94 Å².